The lowest BCUT2D eigenvalue weighted by Crippen LogP contribution is -2.56. The zero-order chi connectivity index (χ0) is 30.2. The van der Waals surface area contributed by atoms with Crippen molar-refractivity contribution in [1.29, 1.82) is 0 Å². The summed E-state index contributed by atoms with van der Waals surface area (Å²) in [6.45, 7) is 1.94. The highest BCUT2D eigenvalue weighted by molar-refractivity contribution is 6.04. The van der Waals surface area contributed by atoms with Crippen molar-refractivity contribution in [3.8, 4) is 11.8 Å². The quantitative estimate of drug-likeness (QED) is 0.305. The molecular formula is C34H34N8O2. The average molecular weight is 587 g/mol. The van der Waals surface area contributed by atoms with Crippen molar-refractivity contribution in [2.45, 2.75) is 57.0 Å². The van der Waals surface area contributed by atoms with Gasteiger partial charge in [0.1, 0.15) is 5.56 Å². The van der Waals surface area contributed by atoms with Crippen molar-refractivity contribution in [3.05, 3.63) is 87.9 Å². The summed E-state index contributed by atoms with van der Waals surface area (Å²) < 4.78 is 5.29. The molecule has 4 fully saturated rings. The van der Waals surface area contributed by atoms with Crippen molar-refractivity contribution < 1.29 is 4.79 Å². The second-order valence-electron chi connectivity index (χ2n) is 13.1. The first-order chi connectivity index (χ1) is 21.3. The number of benzene rings is 1. The van der Waals surface area contributed by atoms with E-state index in [4.69, 9.17) is 5.73 Å². The average Bonchev–Trinajstić information content (AvgIpc) is 3.56. The lowest BCUT2D eigenvalue weighted by atomic mass is 9.52. The summed E-state index contributed by atoms with van der Waals surface area (Å²) in [6, 6.07) is 9.15. The molecule has 4 aliphatic rings. The van der Waals surface area contributed by atoms with Gasteiger partial charge in [-0.15, -0.1) is 5.10 Å². The number of carbonyl (C=O) groups excluding carboxylic acids is 1. The fourth-order valence-electron chi connectivity index (χ4n) is 8.72. The molecule has 0 saturated heterocycles. The Balaban J connectivity index is 1.27. The molecule has 0 radical (unpaired) electrons. The van der Waals surface area contributed by atoms with Gasteiger partial charge in [0, 0.05) is 42.4 Å². The summed E-state index contributed by atoms with van der Waals surface area (Å²) in [4.78, 5) is 32.9. The molecule has 0 spiro atoms. The first-order valence-electron chi connectivity index (χ1n) is 15.4. The van der Waals surface area contributed by atoms with Gasteiger partial charge in [-0.1, -0.05) is 24.0 Å². The fraction of sp³-hybridized carbons (Fsp3) is 0.382. The molecule has 44 heavy (non-hydrogen) atoms. The van der Waals surface area contributed by atoms with Crippen LogP contribution in [0.15, 0.2) is 59.9 Å². The number of aryl methyl sites for hydroxylation is 1. The molecule has 1 atom stereocenters. The van der Waals surface area contributed by atoms with Crippen LogP contribution in [-0.2, 0) is 12.6 Å². The lowest BCUT2D eigenvalue weighted by Gasteiger charge is -2.58. The van der Waals surface area contributed by atoms with Crippen LogP contribution in [-0.4, -0.2) is 34.9 Å². The number of nitrogens with one attached hydrogen (secondary N) is 1. The number of pyridine rings is 1. The minimum atomic E-state index is -0.476. The van der Waals surface area contributed by atoms with Crippen LogP contribution in [0, 0.1) is 29.6 Å². The summed E-state index contributed by atoms with van der Waals surface area (Å²) in [7, 11) is 1.86. The maximum absolute atomic E-state index is 14.9. The molecule has 1 aromatic carbocycles. The van der Waals surface area contributed by atoms with Gasteiger partial charge >= 0.3 is 0 Å². The van der Waals surface area contributed by atoms with E-state index in [2.05, 4.69) is 43.0 Å². The predicted octanol–water partition coefficient (Wildman–Crippen LogP) is 4.18. The Morgan fingerprint density at radius 1 is 1.11 bits per heavy atom. The number of fused-ring (bicyclic) bond motifs is 2. The van der Waals surface area contributed by atoms with Crippen LogP contribution in [0.25, 0.3) is 16.4 Å². The monoisotopic (exact) mass is 586 g/mol. The summed E-state index contributed by atoms with van der Waals surface area (Å²) >= 11 is 0. The smallest absolute Gasteiger partial charge is 0.260 e. The predicted molar refractivity (Wildman–Crippen MR) is 167 cm³/mol. The van der Waals surface area contributed by atoms with Crippen LogP contribution in [0.3, 0.4) is 0 Å². The molecule has 4 bridgehead atoms. The highest BCUT2D eigenvalue weighted by atomic mass is 16.2. The first kappa shape index (κ1) is 26.7. The Bertz CT molecular complexity index is 2060. The van der Waals surface area contributed by atoms with E-state index in [1.165, 1.54) is 23.8 Å². The van der Waals surface area contributed by atoms with Gasteiger partial charge in [-0.2, -0.15) is 5.10 Å². The molecule has 3 N–H and O–H groups in total. The van der Waals surface area contributed by atoms with Crippen molar-refractivity contribution in [2.75, 3.05) is 5.73 Å². The molecule has 4 aliphatic carbocycles. The molecule has 5 aromatic rings. The van der Waals surface area contributed by atoms with Gasteiger partial charge < -0.3 is 15.6 Å². The van der Waals surface area contributed by atoms with Crippen LogP contribution >= 0.6 is 0 Å². The number of nitrogens with two attached hydrogens (primary N) is 1. The molecule has 0 aliphatic heterocycles. The molecule has 222 valence electrons. The molecular weight excluding hydrogens is 552 g/mol. The van der Waals surface area contributed by atoms with E-state index in [0.29, 0.717) is 34.4 Å². The van der Waals surface area contributed by atoms with Gasteiger partial charge in [-0.25, -0.2) is 9.50 Å². The van der Waals surface area contributed by atoms with Gasteiger partial charge in [0.05, 0.1) is 23.2 Å². The van der Waals surface area contributed by atoms with Crippen molar-refractivity contribution in [2.24, 2.45) is 24.8 Å². The summed E-state index contributed by atoms with van der Waals surface area (Å²) in [6.07, 6.45) is 13.7. The molecule has 4 saturated carbocycles. The van der Waals surface area contributed by atoms with Crippen molar-refractivity contribution in [3.63, 3.8) is 0 Å². The normalized spacial score (nSPS) is 24.4. The van der Waals surface area contributed by atoms with Gasteiger partial charge in [0.25, 0.3) is 11.5 Å². The minimum absolute atomic E-state index is 0.0335. The number of hydrogen-bond acceptors (Lipinski definition) is 6. The summed E-state index contributed by atoms with van der Waals surface area (Å²) in [5.74, 6) is 8.09. The molecule has 10 nitrogen and oxygen atoms in total. The number of rotatable bonds is 4. The van der Waals surface area contributed by atoms with E-state index in [-0.39, 0.29) is 28.4 Å². The van der Waals surface area contributed by atoms with Gasteiger partial charge in [0.15, 0.2) is 11.5 Å². The zero-order valence-corrected chi connectivity index (χ0v) is 24.8. The van der Waals surface area contributed by atoms with Crippen LogP contribution < -0.4 is 16.6 Å². The zero-order valence-electron chi connectivity index (χ0n) is 24.8. The van der Waals surface area contributed by atoms with Crippen molar-refractivity contribution >= 4 is 28.1 Å². The summed E-state index contributed by atoms with van der Waals surface area (Å²) in [5.41, 5.74) is 8.79. The number of aromatic nitrogens is 6. The van der Waals surface area contributed by atoms with Gasteiger partial charge in [0.2, 0.25) is 0 Å². The molecule has 1 unspecified atom stereocenters. The Hall–Kier alpha value is -4.91. The Morgan fingerprint density at radius 2 is 1.86 bits per heavy atom. The van der Waals surface area contributed by atoms with E-state index in [9.17, 15) is 9.59 Å². The molecule has 4 aromatic heterocycles. The second kappa shape index (κ2) is 9.81. The largest absolute Gasteiger partial charge is 0.381 e. The number of amides is 1. The minimum Gasteiger partial charge on any atom is -0.381 e. The van der Waals surface area contributed by atoms with E-state index in [1.54, 1.807) is 29.3 Å². The van der Waals surface area contributed by atoms with E-state index >= 15 is 0 Å². The van der Waals surface area contributed by atoms with Crippen LogP contribution in [0.4, 0.5) is 5.82 Å². The highest BCUT2D eigenvalue weighted by Crippen LogP contribution is 2.59. The third kappa shape index (κ3) is 4.21. The van der Waals surface area contributed by atoms with Crippen LogP contribution in [0.5, 0.6) is 0 Å². The number of nitrogen functional groups attached to an aromatic ring is 1. The fourth-order valence-corrected chi connectivity index (χ4v) is 8.72. The van der Waals surface area contributed by atoms with Gasteiger partial charge in [-0.3, -0.25) is 14.3 Å². The van der Waals surface area contributed by atoms with Crippen LogP contribution in [0.2, 0.25) is 0 Å². The van der Waals surface area contributed by atoms with E-state index in [0.717, 1.165) is 35.9 Å². The molecule has 1 amide bonds. The highest BCUT2D eigenvalue weighted by Gasteiger charge is 2.53. The van der Waals surface area contributed by atoms with E-state index < -0.39 is 6.04 Å². The maximum Gasteiger partial charge on any atom is 0.260 e. The Labute approximate surface area is 254 Å². The van der Waals surface area contributed by atoms with Crippen LogP contribution in [0.1, 0.15) is 78.7 Å². The van der Waals surface area contributed by atoms with Crippen molar-refractivity contribution in [1.82, 2.24) is 34.3 Å². The van der Waals surface area contributed by atoms with E-state index in [1.807, 2.05) is 38.4 Å². The topological polar surface area (TPSA) is 125 Å². The maximum atomic E-state index is 14.9. The molecule has 9 rings (SSSR count). The first-order valence-corrected chi connectivity index (χ1v) is 15.4. The lowest BCUT2D eigenvalue weighted by molar-refractivity contribution is -0.0464. The Kier molecular flexibility index (Phi) is 5.95. The molecule has 10 heteroatoms. The standard InChI is InChI=1S/C34H34N8O2/c1-20(38-32(43)29-30(35)39-41-10-4-9-36-31(29)41)27-14-26-6-3-5-25(8-7-21-18-37-40(2)19-21)28(26)33(44)42(27)34-15-22-11-23(16-34)13-24(12-22)17-34/h3-6,9-10,14,18-20,22-24H,11-13,15-17H2,1-2H3,(H2,35,39)(H,38,43). The number of hydrogen-bond donors (Lipinski definition) is 2. The SMILES string of the molecule is CC(NC(=O)c1c(N)nn2cccnc12)c1cc2cccc(C#Cc3cnn(C)c3)c2c(=O)n1C12CC3CC(CC(C3)C1)C2. The number of nitrogens with zero attached hydrogens (tertiary/aromatic N) is 6. The number of carbonyl (C=O) groups is 1. The van der Waals surface area contributed by atoms with Gasteiger partial charge in [-0.05, 0) is 86.8 Å². The summed E-state index contributed by atoms with van der Waals surface area (Å²) in [5, 5.41) is 13.1. The number of anilines is 1. The third-order valence-corrected chi connectivity index (χ3v) is 10.0. The third-order valence-electron chi connectivity index (χ3n) is 10.0. The Morgan fingerprint density at radius 3 is 2.57 bits per heavy atom. The second-order valence-corrected chi connectivity index (χ2v) is 13.1. The molecule has 4 heterocycles.